The molecule has 25 heavy (non-hydrogen) atoms. The van der Waals surface area contributed by atoms with Crippen LogP contribution in [0.2, 0.25) is 5.02 Å². The molecule has 1 amide bonds. The second kappa shape index (κ2) is 6.57. The van der Waals surface area contributed by atoms with E-state index in [1.54, 1.807) is 30.3 Å². The summed E-state index contributed by atoms with van der Waals surface area (Å²) in [5.41, 5.74) is 2.60. The molecule has 1 heterocycles. The Balaban J connectivity index is 1.85. The lowest BCUT2D eigenvalue weighted by Crippen LogP contribution is -2.24. The Bertz CT molecular complexity index is 1050. The number of carbonyl (C=O) groups excluding carboxylic acids is 2. The summed E-state index contributed by atoms with van der Waals surface area (Å²) in [7, 11) is 0. The van der Waals surface area contributed by atoms with Crippen molar-refractivity contribution in [3.8, 4) is 0 Å². The molecule has 2 aromatic carbocycles. The van der Waals surface area contributed by atoms with Crippen molar-refractivity contribution >= 4 is 40.1 Å². The Labute approximate surface area is 148 Å². The molecule has 1 N–H and O–H groups in total. The first-order chi connectivity index (χ1) is 11.8. The molecule has 0 atom stereocenters. The second-order valence-corrected chi connectivity index (χ2v) is 6.11. The van der Waals surface area contributed by atoms with E-state index in [4.69, 9.17) is 16.0 Å². The van der Waals surface area contributed by atoms with Gasteiger partial charge in [-0.1, -0.05) is 17.7 Å². The third-order valence-electron chi connectivity index (χ3n) is 3.83. The van der Waals surface area contributed by atoms with E-state index in [9.17, 15) is 14.4 Å². The van der Waals surface area contributed by atoms with Gasteiger partial charge in [-0.25, -0.2) is 4.79 Å². The van der Waals surface area contributed by atoms with Gasteiger partial charge in [0.25, 0.3) is 0 Å². The lowest BCUT2D eigenvalue weighted by molar-refractivity contribution is -0.116. The minimum absolute atomic E-state index is 0.133. The smallest absolute Gasteiger partial charge is 0.408 e. The SMILES string of the molecule is CC(=O)c1ccc2c(c1)oc(=O)n2CC(=O)Nc1ccc(C)c(Cl)c1. The van der Waals surface area contributed by atoms with E-state index < -0.39 is 5.76 Å². The Kier molecular flexibility index (Phi) is 4.46. The molecule has 3 rings (SSSR count). The normalized spacial score (nSPS) is 10.8. The number of hydrogen-bond acceptors (Lipinski definition) is 4. The highest BCUT2D eigenvalue weighted by molar-refractivity contribution is 6.31. The van der Waals surface area contributed by atoms with Gasteiger partial charge in [0.1, 0.15) is 6.54 Å². The van der Waals surface area contributed by atoms with E-state index in [1.807, 2.05) is 6.92 Å². The third-order valence-corrected chi connectivity index (χ3v) is 4.24. The van der Waals surface area contributed by atoms with Gasteiger partial charge < -0.3 is 9.73 Å². The summed E-state index contributed by atoms with van der Waals surface area (Å²) >= 11 is 6.03. The van der Waals surface area contributed by atoms with Crippen LogP contribution in [0.3, 0.4) is 0 Å². The number of aryl methyl sites for hydroxylation is 1. The molecule has 0 aliphatic carbocycles. The van der Waals surface area contributed by atoms with Gasteiger partial charge in [-0.15, -0.1) is 0 Å². The number of amides is 1. The topological polar surface area (TPSA) is 81.3 Å². The Hall–Kier alpha value is -2.86. The average Bonchev–Trinajstić information content (AvgIpc) is 2.86. The largest absolute Gasteiger partial charge is 0.420 e. The number of anilines is 1. The van der Waals surface area contributed by atoms with Crippen LogP contribution in [0.5, 0.6) is 0 Å². The molecular weight excluding hydrogens is 344 g/mol. The number of carbonyl (C=O) groups is 2. The first-order valence-corrected chi connectivity index (χ1v) is 7.93. The van der Waals surface area contributed by atoms with Crippen LogP contribution in [0.25, 0.3) is 11.1 Å². The van der Waals surface area contributed by atoms with E-state index in [0.29, 0.717) is 21.8 Å². The van der Waals surface area contributed by atoms with E-state index in [2.05, 4.69) is 5.32 Å². The average molecular weight is 359 g/mol. The molecule has 7 heteroatoms. The van der Waals surface area contributed by atoms with Gasteiger partial charge in [-0.3, -0.25) is 14.2 Å². The Morgan fingerprint density at radius 3 is 2.64 bits per heavy atom. The zero-order valence-corrected chi connectivity index (χ0v) is 14.4. The maximum atomic E-state index is 12.2. The number of Topliss-reactive ketones (excluding diaryl/α,β-unsaturated/α-hetero) is 1. The maximum Gasteiger partial charge on any atom is 0.420 e. The van der Waals surface area contributed by atoms with Crippen LogP contribution in [0.15, 0.2) is 45.6 Å². The van der Waals surface area contributed by atoms with Crippen molar-refractivity contribution in [2.24, 2.45) is 0 Å². The molecule has 0 fully saturated rings. The third kappa shape index (κ3) is 3.49. The lowest BCUT2D eigenvalue weighted by atomic mass is 10.1. The van der Waals surface area contributed by atoms with Crippen LogP contribution in [0.4, 0.5) is 5.69 Å². The minimum atomic E-state index is -0.659. The number of hydrogen-bond donors (Lipinski definition) is 1. The summed E-state index contributed by atoms with van der Waals surface area (Å²) in [6.07, 6.45) is 0. The Morgan fingerprint density at radius 1 is 1.20 bits per heavy atom. The number of aromatic nitrogens is 1. The van der Waals surface area contributed by atoms with Crippen molar-refractivity contribution in [1.29, 1.82) is 0 Å². The minimum Gasteiger partial charge on any atom is -0.408 e. The van der Waals surface area contributed by atoms with Crippen LogP contribution in [-0.2, 0) is 11.3 Å². The zero-order valence-electron chi connectivity index (χ0n) is 13.6. The van der Waals surface area contributed by atoms with Gasteiger partial charge >= 0.3 is 5.76 Å². The van der Waals surface area contributed by atoms with Gasteiger partial charge in [-0.2, -0.15) is 0 Å². The van der Waals surface area contributed by atoms with Gasteiger partial charge in [0.05, 0.1) is 5.52 Å². The fourth-order valence-electron chi connectivity index (χ4n) is 2.45. The number of rotatable bonds is 4. The summed E-state index contributed by atoms with van der Waals surface area (Å²) in [6.45, 7) is 3.08. The fourth-order valence-corrected chi connectivity index (χ4v) is 2.63. The Morgan fingerprint density at radius 2 is 1.96 bits per heavy atom. The summed E-state index contributed by atoms with van der Waals surface area (Å²) in [4.78, 5) is 35.7. The summed E-state index contributed by atoms with van der Waals surface area (Å²) in [5, 5.41) is 3.23. The highest BCUT2D eigenvalue weighted by atomic mass is 35.5. The van der Waals surface area contributed by atoms with Crippen LogP contribution in [0, 0.1) is 6.92 Å². The monoisotopic (exact) mass is 358 g/mol. The molecule has 0 bridgehead atoms. The molecule has 3 aromatic rings. The van der Waals surface area contributed by atoms with Crippen LogP contribution in [0.1, 0.15) is 22.8 Å². The molecule has 0 aliphatic rings. The zero-order chi connectivity index (χ0) is 18.1. The molecule has 128 valence electrons. The predicted octanol–water partition coefficient (Wildman–Crippen LogP) is 3.40. The van der Waals surface area contributed by atoms with Gasteiger partial charge in [-0.05, 0) is 49.7 Å². The number of nitrogens with one attached hydrogen (secondary N) is 1. The first kappa shape index (κ1) is 17.0. The van der Waals surface area contributed by atoms with Crippen LogP contribution >= 0.6 is 11.6 Å². The quantitative estimate of drug-likeness (QED) is 0.725. The fraction of sp³-hybridized carbons (Fsp3) is 0.167. The highest BCUT2D eigenvalue weighted by Gasteiger charge is 2.14. The van der Waals surface area contributed by atoms with Gasteiger partial charge in [0, 0.05) is 16.3 Å². The number of benzene rings is 2. The molecule has 0 unspecified atom stereocenters. The van der Waals surface area contributed by atoms with E-state index >= 15 is 0 Å². The number of oxazole rings is 1. The standard InChI is InChI=1S/C18H15ClN2O4/c1-10-3-5-13(8-14(10)19)20-17(23)9-21-15-6-4-12(11(2)22)7-16(15)25-18(21)24/h3-8H,9H2,1-2H3,(H,20,23). The van der Waals surface area contributed by atoms with Crippen molar-refractivity contribution in [1.82, 2.24) is 4.57 Å². The summed E-state index contributed by atoms with van der Waals surface area (Å²) in [6, 6.07) is 9.84. The van der Waals surface area contributed by atoms with Gasteiger partial charge in [0.2, 0.25) is 5.91 Å². The number of halogens is 1. The van der Waals surface area contributed by atoms with Crippen LogP contribution in [-0.4, -0.2) is 16.3 Å². The maximum absolute atomic E-state index is 12.2. The van der Waals surface area contributed by atoms with Crippen molar-refractivity contribution in [3.05, 3.63) is 63.1 Å². The first-order valence-electron chi connectivity index (χ1n) is 7.55. The van der Waals surface area contributed by atoms with Crippen molar-refractivity contribution in [2.75, 3.05) is 5.32 Å². The van der Waals surface area contributed by atoms with Crippen LogP contribution < -0.4 is 11.1 Å². The number of fused-ring (bicyclic) bond motifs is 1. The molecular formula is C18H15ClN2O4. The second-order valence-electron chi connectivity index (χ2n) is 5.70. The molecule has 0 radical (unpaired) electrons. The number of ketones is 1. The van der Waals surface area contributed by atoms with E-state index in [-0.39, 0.29) is 23.8 Å². The molecule has 0 saturated heterocycles. The molecule has 0 aliphatic heterocycles. The van der Waals surface area contributed by atoms with Crippen molar-refractivity contribution in [2.45, 2.75) is 20.4 Å². The molecule has 0 saturated carbocycles. The van der Waals surface area contributed by atoms with E-state index in [0.717, 1.165) is 5.56 Å². The van der Waals surface area contributed by atoms with Crippen molar-refractivity contribution < 1.29 is 14.0 Å². The highest BCUT2D eigenvalue weighted by Crippen LogP contribution is 2.20. The molecule has 1 aromatic heterocycles. The molecule has 0 spiro atoms. The predicted molar refractivity (Wildman–Crippen MR) is 95.3 cm³/mol. The molecule has 6 nitrogen and oxygen atoms in total. The number of nitrogens with zero attached hydrogens (tertiary/aromatic N) is 1. The van der Waals surface area contributed by atoms with Crippen molar-refractivity contribution in [3.63, 3.8) is 0 Å². The summed E-state index contributed by atoms with van der Waals surface area (Å²) < 4.78 is 6.34. The van der Waals surface area contributed by atoms with E-state index in [1.165, 1.54) is 17.6 Å². The summed E-state index contributed by atoms with van der Waals surface area (Å²) in [5.74, 6) is -1.18. The van der Waals surface area contributed by atoms with Gasteiger partial charge in [0.15, 0.2) is 11.4 Å². The lowest BCUT2D eigenvalue weighted by Gasteiger charge is -2.07.